The van der Waals surface area contributed by atoms with Gasteiger partial charge in [0, 0.05) is 16.3 Å². The van der Waals surface area contributed by atoms with Crippen LogP contribution in [0.15, 0.2) is 89.1 Å². The molecule has 1 N–H and O–H groups in total. The molecule has 24 heavy (non-hydrogen) atoms. The van der Waals surface area contributed by atoms with Crippen LogP contribution >= 0.6 is 11.6 Å². The number of nitrogens with zero attached hydrogens (tertiary/aromatic N) is 2. The number of hydrogen-bond donors (Lipinski definition) is 1. The van der Waals surface area contributed by atoms with Crippen molar-refractivity contribution < 1.29 is 4.79 Å². The SMILES string of the molecule is O=C(Nc1ccc(N=Nc2ccccc2)cc1)c1ccc(Cl)cc1. The van der Waals surface area contributed by atoms with Gasteiger partial charge in [-0.2, -0.15) is 10.2 Å². The second-order valence-electron chi connectivity index (χ2n) is 5.04. The van der Waals surface area contributed by atoms with Gasteiger partial charge in [-0.1, -0.05) is 29.8 Å². The molecule has 0 fully saturated rings. The van der Waals surface area contributed by atoms with Crippen LogP contribution in [0, 0.1) is 0 Å². The summed E-state index contributed by atoms with van der Waals surface area (Å²) in [6, 6.07) is 23.4. The monoisotopic (exact) mass is 335 g/mol. The van der Waals surface area contributed by atoms with E-state index in [4.69, 9.17) is 11.6 Å². The normalized spacial score (nSPS) is 10.7. The lowest BCUT2D eigenvalue weighted by Gasteiger charge is -2.05. The Hall–Kier alpha value is -2.98. The Morgan fingerprint density at radius 1 is 0.750 bits per heavy atom. The van der Waals surface area contributed by atoms with Crippen molar-refractivity contribution in [2.45, 2.75) is 0 Å². The van der Waals surface area contributed by atoms with Gasteiger partial charge in [0.25, 0.3) is 5.91 Å². The van der Waals surface area contributed by atoms with Crippen LogP contribution in [0.3, 0.4) is 0 Å². The van der Waals surface area contributed by atoms with Gasteiger partial charge in [0.2, 0.25) is 0 Å². The van der Waals surface area contributed by atoms with Gasteiger partial charge in [-0.05, 0) is 60.7 Å². The molecule has 0 saturated carbocycles. The largest absolute Gasteiger partial charge is 0.322 e. The first-order valence-electron chi connectivity index (χ1n) is 7.34. The van der Waals surface area contributed by atoms with Gasteiger partial charge in [0.15, 0.2) is 0 Å². The molecule has 5 heteroatoms. The van der Waals surface area contributed by atoms with E-state index in [2.05, 4.69) is 15.5 Å². The van der Waals surface area contributed by atoms with Gasteiger partial charge in [-0.3, -0.25) is 4.79 Å². The van der Waals surface area contributed by atoms with E-state index in [1.807, 2.05) is 30.3 Å². The van der Waals surface area contributed by atoms with Gasteiger partial charge >= 0.3 is 0 Å². The summed E-state index contributed by atoms with van der Waals surface area (Å²) in [5.41, 5.74) is 2.74. The van der Waals surface area contributed by atoms with Gasteiger partial charge in [-0.15, -0.1) is 0 Å². The highest BCUT2D eigenvalue weighted by atomic mass is 35.5. The zero-order valence-corrected chi connectivity index (χ0v) is 13.4. The molecule has 0 unspecified atom stereocenters. The van der Waals surface area contributed by atoms with Crippen LogP contribution in [0.1, 0.15) is 10.4 Å². The van der Waals surface area contributed by atoms with Gasteiger partial charge < -0.3 is 5.32 Å². The molecule has 0 heterocycles. The van der Waals surface area contributed by atoms with Crippen LogP contribution in [0.5, 0.6) is 0 Å². The van der Waals surface area contributed by atoms with Crippen LogP contribution in [0.2, 0.25) is 5.02 Å². The molecule has 3 rings (SSSR count). The smallest absolute Gasteiger partial charge is 0.255 e. The van der Waals surface area contributed by atoms with Gasteiger partial charge in [-0.25, -0.2) is 0 Å². The molecule has 4 nitrogen and oxygen atoms in total. The number of nitrogens with one attached hydrogen (secondary N) is 1. The van der Waals surface area contributed by atoms with Crippen molar-refractivity contribution in [3.63, 3.8) is 0 Å². The summed E-state index contributed by atoms with van der Waals surface area (Å²) >= 11 is 5.82. The van der Waals surface area contributed by atoms with E-state index < -0.39 is 0 Å². The zero-order valence-electron chi connectivity index (χ0n) is 12.7. The highest BCUT2D eigenvalue weighted by Gasteiger charge is 2.05. The number of benzene rings is 3. The fourth-order valence-corrected chi connectivity index (χ4v) is 2.15. The maximum atomic E-state index is 12.1. The highest BCUT2D eigenvalue weighted by molar-refractivity contribution is 6.30. The van der Waals surface area contributed by atoms with E-state index in [-0.39, 0.29) is 5.91 Å². The van der Waals surface area contributed by atoms with E-state index in [9.17, 15) is 4.79 Å². The summed E-state index contributed by atoms with van der Waals surface area (Å²) in [4.78, 5) is 12.1. The summed E-state index contributed by atoms with van der Waals surface area (Å²) in [7, 11) is 0. The number of azo groups is 1. The minimum Gasteiger partial charge on any atom is -0.322 e. The van der Waals surface area contributed by atoms with Crippen LogP contribution in [-0.4, -0.2) is 5.91 Å². The first-order valence-corrected chi connectivity index (χ1v) is 7.72. The fraction of sp³-hybridized carbons (Fsp3) is 0. The third-order valence-corrected chi connectivity index (χ3v) is 3.52. The summed E-state index contributed by atoms with van der Waals surface area (Å²) in [6.07, 6.45) is 0. The van der Waals surface area contributed by atoms with Crippen molar-refractivity contribution in [2.75, 3.05) is 5.32 Å². The number of halogens is 1. The van der Waals surface area contributed by atoms with E-state index in [1.54, 1.807) is 48.5 Å². The van der Waals surface area contributed by atoms with Crippen molar-refractivity contribution in [3.05, 3.63) is 89.4 Å². The predicted molar refractivity (Wildman–Crippen MR) is 96.5 cm³/mol. The molecule has 0 aromatic heterocycles. The standard InChI is InChI=1S/C19H14ClN3O/c20-15-8-6-14(7-9-15)19(24)21-16-10-12-18(13-11-16)23-22-17-4-2-1-3-5-17/h1-13H,(H,21,24). The number of hydrogen-bond acceptors (Lipinski definition) is 3. The molecule has 0 bridgehead atoms. The zero-order chi connectivity index (χ0) is 16.8. The Morgan fingerprint density at radius 3 is 1.96 bits per heavy atom. The Labute approximate surface area is 144 Å². The third kappa shape index (κ3) is 4.27. The molecule has 0 radical (unpaired) electrons. The van der Waals surface area contributed by atoms with Crippen molar-refractivity contribution in [2.24, 2.45) is 10.2 Å². The highest BCUT2D eigenvalue weighted by Crippen LogP contribution is 2.20. The summed E-state index contributed by atoms with van der Waals surface area (Å²) in [6.45, 7) is 0. The lowest BCUT2D eigenvalue weighted by atomic mass is 10.2. The fourth-order valence-electron chi connectivity index (χ4n) is 2.03. The maximum Gasteiger partial charge on any atom is 0.255 e. The molecular formula is C19H14ClN3O. The molecule has 0 saturated heterocycles. The third-order valence-electron chi connectivity index (χ3n) is 3.27. The summed E-state index contributed by atoms with van der Waals surface area (Å²) in [5, 5.41) is 11.7. The predicted octanol–water partition coefficient (Wildman–Crippen LogP) is 6.01. The van der Waals surface area contributed by atoms with Crippen LogP contribution in [-0.2, 0) is 0 Å². The molecule has 0 spiro atoms. The maximum absolute atomic E-state index is 12.1. The minimum absolute atomic E-state index is 0.190. The average Bonchev–Trinajstić information content (AvgIpc) is 2.62. The molecule has 118 valence electrons. The number of carbonyl (C=O) groups excluding carboxylic acids is 1. The Balaban J connectivity index is 1.65. The first kappa shape index (κ1) is 15.9. The van der Waals surface area contributed by atoms with Gasteiger partial charge in [0.05, 0.1) is 11.4 Å². The average molecular weight is 336 g/mol. The van der Waals surface area contributed by atoms with E-state index in [1.165, 1.54) is 0 Å². The second kappa shape index (κ2) is 7.53. The number of amides is 1. The molecule has 1 amide bonds. The molecule has 0 aliphatic heterocycles. The minimum atomic E-state index is -0.190. The Bertz CT molecular complexity index is 844. The Kier molecular flexibility index (Phi) is 4.99. The van der Waals surface area contributed by atoms with Gasteiger partial charge in [0.1, 0.15) is 0 Å². The summed E-state index contributed by atoms with van der Waals surface area (Å²) in [5.74, 6) is -0.190. The molecule has 3 aromatic carbocycles. The first-order chi connectivity index (χ1) is 11.7. The van der Waals surface area contributed by atoms with Crippen LogP contribution < -0.4 is 5.32 Å². The lowest BCUT2D eigenvalue weighted by molar-refractivity contribution is 0.102. The lowest BCUT2D eigenvalue weighted by Crippen LogP contribution is -2.11. The molecular weight excluding hydrogens is 322 g/mol. The van der Waals surface area contributed by atoms with Crippen LogP contribution in [0.25, 0.3) is 0 Å². The van der Waals surface area contributed by atoms with E-state index in [0.29, 0.717) is 22.0 Å². The van der Waals surface area contributed by atoms with Crippen molar-refractivity contribution >= 4 is 34.6 Å². The van der Waals surface area contributed by atoms with Crippen molar-refractivity contribution in [1.29, 1.82) is 0 Å². The molecule has 0 atom stereocenters. The quantitative estimate of drug-likeness (QED) is 0.583. The van der Waals surface area contributed by atoms with Crippen LogP contribution in [0.4, 0.5) is 17.1 Å². The van der Waals surface area contributed by atoms with Crippen molar-refractivity contribution in [3.8, 4) is 0 Å². The molecule has 3 aromatic rings. The number of rotatable bonds is 4. The topological polar surface area (TPSA) is 53.8 Å². The second-order valence-corrected chi connectivity index (χ2v) is 5.48. The van der Waals surface area contributed by atoms with E-state index in [0.717, 1.165) is 5.69 Å². The molecule has 0 aliphatic rings. The van der Waals surface area contributed by atoms with Crippen molar-refractivity contribution in [1.82, 2.24) is 0 Å². The number of carbonyl (C=O) groups is 1. The Morgan fingerprint density at radius 2 is 1.33 bits per heavy atom. The number of anilines is 1. The summed E-state index contributed by atoms with van der Waals surface area (Å²) < 4.78 is 0. The van der Waals surface area contributed by atoms with E-state index >= 15 is 0 Å². The molecule has 0 aliphatic carbocycles.